The lowest BCUT2D eigenvalue weighted by molar-refractivity contribution is -0.153. The molecule has 2 aliphatic heterocycles. The first-order chi connectivity index (χ1) is 29.1. The largest absolute Gasteiger partial charge is 0.468 e. The highest BCUT2D eigenvalue weighted by Gasteiger charge is 2.35. The molecule has 0 amide bonds. The molecule has 8 unspecified atom stereocenters. The van der Waals surface area contributed by atoms with Crippen LogP contribution in [0.5, 0.6) is 5.75 Å². The number of nitrogens with zero attached hydrogens (tertiary/aromatic N) is 2. The number of ether oxygens (including phenoxy) is 2. The third-order valence-corrected chi connectivity index (χ3v) is 12.0. The third kappa shape index (κ3) is 11.0. The van der Waals surface area contributed by atoms with Gasteiger partial charge in [0.2, 0.25) is 0 Å². The summed E-state index contributed by atoms with van der Waals surface area (Å²) in [5.41, 5.74) is 13.9. The lowest BCUT2D eigenvalue weighted by Gasteiger charge is -2.27. The Labute approximate surface area is 362 Å². The molecule has 0 saturated heterocycles. The van der Waals surface area contributed by atoms with Crippen LogP contribution in [0.1, 0.15) is 90.4 Å². The summed E-state index contributed by atoms with van der Waals surface area (Å²) in [4.78, 5) is 13.4. The number of nitrogens with two attached hydrogens (primary N) is 1. The number of H-pyrrole nitrogens is 1. The number of hydrogen-bond donors (Lipinski definition) is 7. The van der Waals surface area contributed by atoms with Crippen molar-refractivity contribution in [3.63, 3.8) is 0 Å². The minimum atomic E-state index is -4.63. The first kappa shape index (κ1) is 48.5. The Kier molecular flexibility index (Phi) is 15.9. The fraction of sp³-hybridized carbons (Fsp3) is 0.404. The number of rotatable bonds is 13. The van der Waals surface area contributed by atoms with Gasteiger partial charge in [-0.2, -0.15) is 13.2 Å². The van der Waals surface area contributed by atoms with Crippen LogP contribution in [0.4, 0.5) is 13.2 Å². The van der Waals surface area contributed by atoms with Gasteiger partial charge in [0.15, 0.2) is 6.79 Å². The van der Waals surface area contributed by atoms with Crippen LogP contribution < -0.4 is 10.5 Å². The highest BCUT2D eigenvalue weighted by atomic mass is 31.0. The van der Waals surface area contributed by atoms with Crippen LogP contribution >= 0.6 is 9.24 Å². The summed E-state index contributed by atoms with van der Waals surface area (Å²) in [6.45, 7) is 12.9. The number of aromatic amines is 1. The van der Waals surface area contributed by atoms with Crippen LogP contribution in [-0.2, 0) is 4.74 Å². The Morgan fingerprint density at radius 2 is 1.56 bits per heavy atom. The summed E-state index contributed by atoms with van der Waals surface area (Å²) in [6, 6.07) is 13.6. The molecule has 0 aliphatic carbocycles. The molecular formula is C47H58F3N4O7P. The van der Waals surface area contributed by atoms with Gasteiger partial charge >= 0.3 is 6.18 Å². The molecule has 0 spiro atoms. The lowest BCUT2D eigenvalue weighted by Crippen LogP contribution is -2.46. The molecular weight excluding hydrogens is 821 g/mol. The summed E-state index contributed by atoms with van der Waals surface area (Å²) in [5.74, 6) is 0.0000892. The van der Waals surface area contributed by atoms with Crippen molar-refractivity contribution in [1.29, 1.82) is 0 Å². The van der Waals surface area contributed by atoms with Crippen LogP contribution in [-0.4, -0.2) is 90.1 Å². The topological polar surface area (TPSA) is 187 Å². The SMILES string of the molecule is C/C(=C\C(=C/C(C)C(C)P)C(F)(F)F)c1c(C)ccc(C)c(C)c2nc(c(-c3cccc(OCOC(CO)C(O)C(O)[C@@H](C)O)c3)c3ccc([nH]3)c(C)c3nc1C(O)C3N)C=C2. The second-order valence-electron chi connectivity index (χ2n) is 16.1. The molecule has 2 aliphatic rings. The van der Waals surface area contributed by atoms with Gasteiger partial charge in [0.25, 0.3) is 0 Å². The Bertz CT molecular complexity index is 2410. The molecule has 62 heavy (non-hydrogen) atoms. The van der Waals surface area contributed by atoms with E-state index in [0.717, 1.165) is 17.2 Å². The Morgan fingerprint density at radius 1 is 0.903 bits per heavy atom. The maximum Gasteiger partial charge on any atom is 0.416 e. The monoisotopic (exact) mass is 878 g/mol. The van der Waals surface area contributed by atoms with E-state index < -0.39 is 54.9 Å². The first-order valence-electron chi connectivity index (χ1n) is 20.4. The highest BCUT2D eigenvalue weighted by Crippen LogP contribution is 2.40. The van der Waals surface area contributed by atoms with Gasteiger partial charge in [-0.15, -0.1) is 9.24 Å². The summed E-state index contributed by atoms with van der Waals surface area (Å²) >= 11 is 0. The molecule has 15 heteroatoms. The zero-order valence-corrected chi connectivity index (χ0v) is 37.4. The van der Waals surface area contributed by atoms with Crippen LogP contribution in [0.25, 0.3) is 39.9 Å². The van der Waals surface area contributed by atoms with Gasteiger partial charge in [-0.1, -0.05) is 44.2 Å². The predicted molar refractivity (Wildman–Crippen MR) is 240 cm³/mol. The van der Waals surface area contributed by atoms with Gasteiger partial charge in [0.1, 0.15) is 30.2 Å². The number of halogens is 3. The van der Waals surface area contributed by atoms with Gasteiger partial charge in [0, 0.05) is 22.2 Å². The molecule has 9 atom stereocenters. The van der Waals surface area contributed by atoms with E-state index in [1.54, 1.807) is 45.0 Å². The number of aromatic nitrogens is 3. The third-order valence-electron chi connectivity index (χ3n) is 11.4. The predicted octanol–water partition coefficient (Wildman–Crippen LogP) is 7.81. The molecule has 4 heterocycles. The summed E-state index contributed by atoms with van der Waals surface area (Å²) < 4.78 is 55.0. The average molecular weight is 879 g/mol. The summed E-state index contributed by atoms with van der Waals surface area (Å²) in [7, 11) is 2.55. The van der Waals surface area contributed by atoms with Gasteiger partial charge in [-0.05, 0) is 129 Å². The summed E-state index contributed by atoms with van der Waals surface area (Å²) in [5, 5.41) is 51.6. The van der Waals surface area contributed by atoms with E-state index in [2.05, 4.69) is 14.2 Å². The van der Waals surface area contributed by atoms with E-state index in [4.69, 9.17) is 25.2 Å². The van der Waals surface area contributed by atoms with E-state index in [0.29, 0.717) is 61.7 Å². The van der Waals surface area contributed by atoms with Crippen molar-refractivity contribution < 1.29 is 48.2 Å². The number of aryl methyl sites for hydroxylation is 3. The number of hydrogen-bond acceptors (Lipinski definition) is 10. The van der Waals surface area contributed by atoms with Crippen molar-refractivity contribution in [2.75, 3.05) is 13.4 Å². The van der Waals surface area contributed by atoms with Crippen LogP contribution in [0.15, 0.2) is 66.3 Å². The zero-order valence-electron chi connectivity index (χ0n) is 36.2. The van der Waals surface area contributed by atoms with Crippen LogP contribution in [0, 0.1) is 33.6 Å². The Morgan fingerprint density at radius 3 is 2.21 bits per heavy atom. The number of nitrogens with one attached hydrogen (secondary N) is 1. The normalized spacial score (nSPS) is 18.7. The van der Waals surface area contributed by atoms with Gasteiger partial charge in [0.05, 0.1) is 47.1 Å². The second-order valence-corrected chi connectivity index (χ2v) is 17.2. The van der Waals surface area contributed by atoms with E-state index in [1.807, 2.05) is 64.1 Å². The molecule has 0 fully saturated rings. The van der Waals surface area contributed by atoms with Crippen molar-refractivity contribution in [3.05, 3.63) is 117 Å². The van der Waals surface area contributed by atoms with E-state index in [1.165, 1.54) is 13.0 Å². The van der Waals surface area contributed by atoms with E-state index in [-0.39, 0.29) is 29.6 Å². The number of allylic oxidation sites excluding steroid dienone is 4. The maximum atomic E-state index is 14.5. The van der Waals surface area contributed by atoms with Crippen molar-refractivity contribution >= 4 is 38.0 Å². The van der Waals surface area contributed by atoms with E-state index >= 15 is 0 Å². The van der Waals surface area contributed by atoms with Gasteiger partial charge in [-0.25, -0.2) is 4.98 Å². The van der Waals surface area contributed by atoms with Crippen LogP contribution in [0.3, 0.4) is 0 Å². The zero-order chi connectivity index (χ0) is 45.8. The first-order valence-corrected chi connectivity index (χ1v) is 21.0. The molecule has 0 radical (unpaired) electrons. The minimum absolute atomic E-state index is 0.100. The Hall–Kier alpha value is -4.50. The highest BCUT2D eigenvalue weighted by molar-refractivity contribution is 7.17. The fourth-order valence-electron chi connectivity index (χ4n) is 7.21. The number of alkyl halides is 3. The molecule has 11 nitrogen and oxygen atoms in total. The van der Waals surface area contributed by atoms with Crippen molar-refractivity contribution in [2.45, 2.75) is 104 Å². The molecule has 3 aromatic rings. The molecule has 2 aromatic heterocycles. The fourth-order valence-corrected chi connectivity index (χ4v) is 7.32. The smallest absolute Gasteiger partial charge is 0.416 e. The maximum absolute atomic E-state index is 14.5. The molecule has 1 aromatic carbocycles. The Balaban J connectivity index is 1.73. The average Bonchev–Trinajstić information content (AvgIpc) is 3.97. The molecule has 6 bridgehead atoms. The molecule has 5 rings (SSSR count). The molecule has 334 valence electrons. The summed E-state index contributed by atoms with van der Waals surface area (Å²) in [6.07, 6.45) is -5.40. The number of fused-ring (bicyclic) bond motifs is 6. The molecule has 0 saturated carbocycles. The van der Waals surface area contributed by atoms with Crippen molar-refractivity contribution in [2.24, 2.45) is 11.7 Å². The second kappa shape index (κ2) is 20.3. The van der Waals surface area contributed by atoms with E-state index in [9.17, 15) is 38.7 Å². The van der Waals surface area contributed by atoms with Crippen molar-refractivity contribution in [1.82, 2.24) is 15.0 Å². The number of aliphatic hydroxyl groups excluding tert-OH is 5. The quantitative estimate of drug-likeness (QED) is 0.0397. The van der Waals surface area contributed by atoms with Gasteiger partial charge in [-0.3, -0.25) is 4.98 Å². The minimum Gasteiger partial charge on any atom is -0.468 e. The van der Waals surface area contributed by atoms with Crippen molar-refractivity contribution in [3.8, 4) is 16.9 Å². The molecule has 8 N–H and O–H groups in total. The van der Waals surface area contributed by atoms with Gasteiger partial charge < -0.3 is 45.7 Å². The van der Waals surface area contributed by atoms with Crippen LogP contribution in [0.2, 0.25) is 0 Å². The standard InChI is InChI=1S/C47H58F3N4O7P/c1-23-12-13-24(2)39(26(4)19-32(47(48,49)50)18-25(3)30(8)62)43-46(59)41(51)42(54-43)28(6)35-15-17-37(53-35)40(36-16-14-34(52-36)27(23)5)31-10-9-11-33(20-31)60-22-61-38(21-55)45(58)44(57)29(7)56/h9-20,25,29-30,38,41,44-46,53,55-59H,21-22,51,62H2,1-8H3/b13-12?,23-12?,24-13?,26-19+,27-23?,32-18+,34-27?,35-28?,39-24?,40-36?,40-37?,42-28?,43-39?/t25?,29-,30?,38?,41?,44?,45?,46?/m1/s1. The lowest BCUT2D eigenvalue weighted by atomic mass is 9.94. The number of aliphatic hydroxyl groups is 5. The number of benzene rings is 1.